The molecule has 4 heterocycles. The van der Waals surface area contributed by atoms with Crippen LogP contribution in [0.25, 0.3) is 5.57 Å². The molecule has 0 aliphatic carbocycles. The van der Waals surface area contributed by atoms with Crippen LogP contribution in [-0.2, 0) is 4.74 Å². The topological polar surface area (TPSA) is 94.6 Å². The molecule has 4 rings (SSSR count). The van der Waals surface area contributed by atoms with Crippen LogP contribution in [-0.4, -0.2) is 57.5 Å². The molecule has 122 valence electrons. The number of nitrogens with zero attached hydrogens (tertiary/aromatic N) is 3. The molecule has 0 radical (unpaired) electrons. The molecule has 1 aromatic heterocycles. The van der Waals surface area contributed by atoms with Crippen LogP contribution in [0.1, 0.15) is 11.3 Å². The predicted octanol–water partition coefficient (Wildman–Crippen LogP) is 0.302. The monoisotopic (exact) mass is 334 g/mol. The summed E-state index contributed by atoms with van der Waals surface area (Å²) in [5.74, 6) is 6.00. The fourth-order valence-electron chi connectivity index (χ4n) is 3.12. The second kappa shape index (κ2) is 5.73. The van der Waals surface area contributed by atoms with E-state index in [2.05, 4.69) is 4.99 Å². The largest absolute Gasteiger partial charge is 0.394 e. The van der Waals surface area contributed by atoms with E-state index >= 15 is 0 Å². The molecule has 1 aromatic rings. The summed E-state index contributed by atoms with van der Waals surface area (Å²) in [7, 11) is 0. The molecule has 0 bridgehead atoms. The maximum absolute atomic E-state index is 9.96. The van der Waals surface area contributed by atoms with Crippen molar-refractivity contribution in [3.63, 3.8) is 0 Å². The number of hydrazine groups is 1. The van der Waals surface area contributed by atoms with E-state index in [-0.39, 0.29) is 12.8 Å². The smallest absolute Gasteiger partial charge is 0.134 e. The maximum atomic E-state index is 9.96. The summed E-state index contributed by atoms with van der Waals surface area (Å²) >= 11 is 1.64. The van der Waals surface area contributed by atoms with Crippen LogP contribution in [0.15, 0.2) is 40.6 Å². The van der Waals surface area contributed by atoms with Gasteiger partial charge in [-0.2, -0.15) is 0 Å². The van der Waals surface area contributed by atoms with Crippen molar-refractivity contribution in [1.29, 1.82) is 0 Å². The minimum atomic E-state index is -0.667. The van der Waals surface area contributed by atoms with Gasteiger partial charge in [-0.05, 0) is 11.4 Å². The Balaban J connectivity index is 1.60. The van der Waals surface area contributed by atoms with Crippen LogP contribution in [0.3, 0.4) is 0 Å². The van der Waals surface area contributed by atoms with Crippen molar-refractivity contribution < 1.29 is 14.9 Å². The second-order valence-corrected chi connectivity index (χ2v) is 6.66. The molecule has 23 heavy (non-hydrogen) atoms. The van der Waals surface area contributed by atoms with E-state index in [1.54, 1.807) is 11.3 Å². The van der Waals surface area contributed by atoms with E-state index in [0.717, 1.165) is 21.9 Å². The highest BCUT2D eigenvalue weighted by Gasteiger charge is 2.41. The number of nitrogens with two attached hydrogens (primary N) is 1. The molecule has 0 saturated carbocycles. The van der Waals surface area contributed by atoms with E-state index in [1.807, 2.05) is 34.8 Å². The van der Waals surface area contributed by atoms with Crippen molar-refractivity contribution in [2.75, 3.05) is 13.3 Å². The van der Waals surface area contributed by atoms with Gasteiger partial charge in [0.1, 0.15) is 19.0 Å². The summed E-state index contributed by atoms with van der Waals surface area (Å²) in [6.45, 7) is 0.259. The first-order chi connectivity index (χ1) is 11.2. The normalized spacial score (nSPS) is 30.2. The highest BCUT2D eigenvalue weighted by molar-refractivity contribution is 7.11. The van der Waals surface area contributed by atoms with Crippen LogP contribution in [0, 0.1) is 0 Å². The van der Waals surface area contributed by atoms with Crippen LogP contribution >= 0.6 is 11.3 Å². The number of aliphatic hydroxyl groups excluding tert-OH is 2. The summed E-state index contributed by atoms with van der Waals surface area (Å²) < 4.78 is 5.75. The number of thiophene rings is 1. The van der Waals surface area contributed by atoms with Crippen molar-refractivity contribution in [3.8, 4) is 0 Å². The quantitative estimate of drug-likeness (QED) is 0.689. The molecule has 3 aliphatic heterocycles. The lowest BCUT2D eigenvalue weighted by atomic mass is 10.0. The van der Waals surface area contributed by atoms with Crippen molar-refractivity contribution in [1.82, 2.24) is 9.91 Å². The van der Waals surface area contributed by atoms with E-state index in [9.17, 15) is 10.2 Å². The number of hydrogen-bond donors (Lipinski definition) is 3. The zero-order valence-electron chi connectivity index (χ0n) is 12.4. The Morgan fingerprint density at radius 1 is 1.43 bits per heavy atom. The highest BCUT2D eigenvalue weighted by atomic mass is 32.1. The molecule has 0 unspecified atom stereocenters. The predicted molar refractivity (Wildman–Crippen MR) is 86.9 cm³/mol. The number of aliphatic imine (C=N–C) groups is 1. The van der Waals surface area contributed by atoms with Gasteiger partial charge in [0.25, 0.3) is 0 Å². The van der Waals surface area contributed by atoms with Gasteiger partial charge in [-0.3, -0.25) is 10.0 Å². The fourth-order valence-corrected chi connectivity index (χ4v) is 3.85. The van der Waals surface area contributed by atoms with Crippen molar-refractivity contribution >= 4 is 22.6 Å². The highest BCUT2D eigenvalue weighted by Crippen LogP contribution is 2.35. The lowest BCUT2D eigenvalue weighted by molar-refractivity contribution is -0.0640. The molecular weight excluding hydrogens is 316 g/mol. The standard InChI is InChI=1S/C15H18N4O3S/c16-18-5-9(13-2-1-3-23-13)15-10(6-18)19(8-17-15)14-4-11(21)12(7-20)22-14/h1-3,5-6,11-12,14,20-21H,4,7-8,16H2/t11-,12+,14+/m0/s1. The molecule has 0 amide bonds. The lowest BCUT2D eigenvalue weighted by Gasteiger charge is -2.29. The maximum Gasteiger partial charge on any atom is 0.134 e. The zero-order chi connectivity index (χ0) is 16.0. The Morgan fingerprint density at radius 2 is 2.30 bits per heavy atom. The Labute approximate surface area is 137 Å². The minimum Gasteiger partial charge on any atom is -0.394 e. The molecule has 8 heteroatoms. The van der Waals surface area contributed by atoms with Crippen molar-refractivity contribution in [2.45, 2.75) is 24.9 Å². The Morgan fingerprint density at radius 3 is 3.00 bits per heavy atom. The second-order valence-electron chi connectivity index (χ2n) is 5.71. The summed E-state index contributed by atoms with van der Waals surface area (Å²) in [5.41, 5.74) is 2.76. The Hall–Kier alpha value is -1.71. The number of hydrogen-bond acceptors (Lipinski definition) is 8. The van der Waals surface area contributed by atoms with Gasteiger partial charge in [0, 0.05) is 29.3 Å². The number of allylic oxidation sites excluding steroid dienone is 1. The summed E-state index contributed by atoms with van der Waals surface area (Å²) in [6.07, 6.45) is 2.58. The average molecular weight is 334 g/mol. The van der Waals surface area contributed by atoms with Gasteiger partial charge in [-0.15, -0.1) is 11.3 Å². The first-order valence-electron chi connectivity index (χ1n) is 7.44. The third-order valence-electron chi connectivity index (χ3n) is 4.26. The van der Waals surface area contributed by atoms with E-state index in [4.69, 9.17) is 10.6 Å². The molecule has 0 spiro atoms. The van der Waals surface area contributed by atoms with E-state index in [0.29, 0.717) is 13.1 Å². The fraction of sp³-hybridized carbons (Fsp3) is 0.400. The zero-order valence-corrected chi connectivity index (χ0v) is 13.2. The molecule has 3 atom stereocenters. The summed E-state index contributed by atoms with van der Waals surface area (Å²) in [5, 5.41) is 22.8. The molecule has 1 saturated heterocycles. The number of aliphatic hydroxyl groups is 2. The van der Waals surface area contributed by atoms with Gasteiger partial charge in [-0.1, -0.05) is 6.07 Å². The summed E-state index contributed by atoms with van der Waals surface area (Å²) in [4.78, 5) is 7.72. The van der Waals surface area contributed by atoms with Gasteiger partial charge in [0.15, 0.2) is 0 Å². The molecule has 0 aromatic carbocycles. The van der Waals surface area contributed by atoms with Gasteiger partial charge in [-0.25, -0.2) is 5.84 Å². The molecule has 7 nitrogen and oxygen atoms in total. The van der Waals surface area contributed by atoms with Crippen molar-refractivity contribution in [2.24, 2.45) is 10.8 Å². The van der Waals surface area contributed by atoms with Crippen LogP contribution < -0.4 is 5.84 Å². The van der Waals surface area contributed by atoms with Crippen LogP contribution in [0.5, 0.6) is 0 Å². The third-order valence-corrected chi connectivity index (χ3v) is 5.16. The molecular formula is C15H18N4O3S. The molecule has 1 fully saturated rings. The van der Waals surface area contributed by atoms with Crippen molar-refractivity contribution in [3.05, 3.63) is 40.5 Å². The minimum absolute atomic E-state index is 0.193. The van der Waals surface area contributed by atoms with Crippen LogP contribution in [0.2, 0.25) is 0 Å². The van der Waals surface area contributed by atoms with Gasteiger partial charge >= 0.3 is 0 Å². The number of ether oxygens (including phenoxy) is 1. The Bertz CT molecular complexity index is 685. The van der Waals surface area contributed by atoms with Gasteiger partial charge in [0.05, 0.1) is 24.1 Å². The van der Waals surface area contributed by atoms with E-state index in [1.165, 1.54) is 5.01 Å². The Kier molecular flexibility index (Phi) is 3.70. The average Bonchev–Trinajstić information content (AvgIpc) is 3.24. The molecule has 3 aliphatic rings. The number of fused-ring (bicyclic) bond motifs is 1. The van der Waals surface area contributed by atoms with E-state index < -0.39 is 12.2 Å². The van der Waals surface area contributed by atoms with Crippen LogP contribution in [0.4, 0.5) is 0 Å². The van der Waals surface area contributed by atoms with Gasteiger partial charge in [0.2, 0.25) is 0 Å². The first kappa shape index (κ1) is 14.9. The lowest BCUT2D eigenvalue weighted by Crippen LogP contribution is -2.37. The molecule has 4 N–H and O–H groups in total. The first-order valence-corrected chi connectivity index (χ1v) is 8.32. The third kappa shape index (κ3) is 2.48. The van der Waals surface area contributed by atoms with Gasteiger partial charge < -0.3 is 19.8 Å². The summed E-state index contributed by atoms with van der Waals surface area (Å²) in [6, 6.07) is 4.03. The number of rotatable bonds is 3. The SMILES string of the molecule is NN1C=C(c2cccs2)C2=NCN([C@H]3C[C@H](O)[C@@H](CO)O3)C2=C1.